The number of hydrogen-bond acceptors (Lipinski definition) is 5. The van der Waals surface area contributed by atoms with Gasteiger partial charge in [-0.1, -0.05) is 0 Å². The molecule has 0 aromatic heterocycles. The normalized spacial score (nSPS) is 32.5. The van der Waals surface area contributed by atoms with Gasteiger partial charge in [-0.2, -0.15) is 0 Å². The maximum Gasteiger partial charge on any atom is 0.410 e. The van der Waals surface area contributed by atoms with Gasteiger partial charge in [0, 0.05) is 19.6 Å². The van der Waals surface area contributed by atoms with Gasteiger partial charge in [0.05, 0.1) is 5.60 Å². The van der Waals surface area contributed by atoms with E-state index in [2.05, 4.69) is 4.90 Å². The van der Waals surface area contributed by atoms with E-state index in [0.29, 0.717) is 25.9 Å². The van der Waals surface area contributed by atoms with Crippen LogP contribution in [-0.2, 0) is 9.53 Å². The lowest BCUT2D eigenvalue weighted by Crippen LogP contribution is -2.55. The van der Waals surface area contributed by atoms with Gasteiger partial charge in [0.2, 0.25) is 0 Å². The number of aliphatic carboxylic acids is 1. The largest absolute Gasteiger partial charge is 0.481 e. The number of aliphatic hydroxyl groups is 1. The topological polar surface area (TPSA) is 90.3 Å². The van der Waals surface area contributed by atoms with Crippen LogP contribution < -0.4 is 0 Å². The molecule has 2 aliphatic heterocycles. The number of amides is 1. The molecule has 1 amide bonds. The summed E-state index contributed by atoms with van der Waals surface area (Å²) in [6.45, 7) is 7.11. The molecule has 2 N–H and O–H groups in total. The predicted molar refractivity (Wildman–Crippen MR) is 88.8 cm³/mol. The van der Waals surface area contributed by atoms with Crippen LogP contribution in [0.15, 0.2) is 0 Å². The summed E-state index contributed by atoms with van der Waals surface area (Å²) in [5.41, 5.74) is -3.26. The van der Waals surface area contributed by atoms with E-state index in [9.17, 15) is 19.8 Å². The summed E-state index contributed by atoms with van der Waals surface area (Å²) in [7, 11) is 1.97. The van der Waals surface area contributed by atoms with Gasteiger partial charge in [-0.15, -0.1) is 0 Å². The first-order chi connectivity index (χ1) is 11.0. The van der Waals surface area contributed by atoms with Crippen molar-refractivity contribution in [3.8, 4) is 0 Å². The number of carboxylic acids is 1. The Morgan fingerprint density at radius 1 is 1.08 bits per heavy atom. The van der Waals surface area contributed by atoms with Crippen LogP contribution >= 0.6 is 0 Å². The summed E-state index contributed by atoms with van der Waals surface area (Å²) in [5.74, 6) is -1.03. The van der Waals surface area contributed by atoms with E-state index in [1.54, 1.807) is 20.8 Å². The molecule has 0 radical (unpaired) electrons. The van der Waals surface area contributed by atoms with Crippen LogP contribution in [0.1, 0.15) is 46.5 Å². The first kappa shape index (κ1) is 19.0. The van der Waals surface area contributed by atoms with E-state index in [4.69, 9.17) is 4.74 Å². The lowest BCUT2D eigenvalue weighted by atomic mass is 9.67. The Hall–Kier alpha value is -1.34. The molecule has 0 aliphatic carbocycles. The first-order valence-electron chi connectivity index (χ1n) is 8.61. The molecule has 0 spiro atoms. The molecule has 2 heterocycles. The van der Waals surface area contributed by atoms with Gasteiger partial charge in [-0.25, -0.2) is 4.79 Å². The SMILES string of the molecule is CN1CCCC(O)(C2(C(=O)O)CCN(C(=O)OC(C)(C)C)C2)CC1. The Kier molecular flexibility index (Phi) is 5.16. The van der Waals surface area contributed by atoms with Crippen LogP contribution in [0.3, 0.4) is 0 Å². The summed E-state index contributed by atoms with van der Waals surface area (Å²) in [4.78, 5) is 27.9. The molecule has 2 unspecified atom stereocenters. The van der Waals surface area contributed by atoms with Crippen LogP contribution in [0.25, 0.3) is 0 Å². The standard InChI is InChI=1S/C17H30N2O5/c1-15(2,3)24-14(22)19-11-7-16(12-19,13(20)21)17(23)6-5-9-18(4)10-8-17/h23H,5-12H2,1-4H3,(H,20,21). The van der Waals surface area contributed by atoms with Crippen molar-refractivity contribution in [2.45, 2.75) is 57.7 Å². The summed E-state index contributed by atoms with van der Waals surface area (Å²) >= 11 is 0. The summed E-state index contributed by atoms with van der Waals surface area (Å²) < 4.78 is 5.36. The van der Waals surface area contributed by atoms with Crippen molar-refractivity contribution in [3.05, 3.63) is 0 Å². The Bertz CT molecular complexity index is 504. The number of carbonyl (C=O) groups is 2. The van der Waals surface area contributed by atoms with Crippen LogP contribution in [-0.4, -0.2) is 76.5 Å². The average molecular weight is 342 g/mol. The van der Waals surface area contributed by atoms with E-state index in [1.807, 2.05) is 7.05 Å². The Morgan fingerprint density at radius 2 is 1.75 bits per heavy atom. The van der Waals surface area contributed by atoms with Crippen molar-refractivity contribution >= 4 is 12.1 Å². The fourth-order valence-electron chi connectivity index (χ4n) is 3.78. The quantitative estimate of drug-likeness (QED) is 0.791. The molecule has 2 rings (SSSR count). The average Bonchev–Trinajstić information content (AvgIpc) is 2.83. The van der Waals surface area contributed by atoms with Crippen molar-refractivity contribution in [1.29, 1.82) is 0 Å². The van der Waals surface area contributed by atoms with Gasteiger partial charge in [0.15, 0.2) is 0 Å². The minimum Gasteiger partial charge on any atom is -0.481 e. The van der Waals surface area contributed by atoms with Crippen molar-refractivity contribution in [1.82, 2.24) is 9.80 Å². The van der Waals surface area contributed by atoms with Crippen molar-refractivity contribution in [3.63, 3.8) is 0 Å². The molecule has 2 fully saturated rings. The third-order valence-electron chi connectivity index (χ3n) is 5.26. The van der Waals surface area contributed by atoms with Gasteiger partial charge in [0.1, 0.15) is 11.0 Å². The second-order valence-corrected chi connectivity index (χ2v) is 8.23. The van der Waals surface area contributed by atoms with Crippen molar-refractivity contribution in [2.24, 2.45) is 5.41 Å². The smallest absolute Gasteiger partial charge is 0.410 e. The molecular formula is C17H30N2O5. The molecule has 0 bridgehead atoms. The van der Waals surface area contributed by atoms with E-state index in [1.165, 1.54) is 4.90 Å². The molecule has 0 aromatic carbocycles. The minimum absolute atomic E-state index is 0.00252. The van der Waals surface area contributed by atoms with Crippen LogP contribution in [0.4, 0.5) is 4.79 Å². The van der Waals surface area contributed by atoms with E-state index in [0.717, 1.165) is 13.0 Å². The number of rotatable bonds is 2. The fraction of sp³-hybridized carbons (Fsp3) is 0.882. The third-order valence-corrected chi connectivity index (χ3v) is 5.26. The molecule has 2 saturated heterocycles. The fourth-order valence-corrected chi connectivity index (χ4v) is 3.78. The molecule has 0 saturated carbocycles. The van der Waals surface area contributed by atoms with Crippen LogP contribution in [0.5, 0.6) is 0 Å². The Balaban J connectivity index is 2.21. The molecule has 7 heteroatoms. The maximum atomic E-state index is 12.3. The van der Waals surface area contributed by atoms with Gasteiger partial charge in [0.25, 0.3) is 0 Å². The highest BCUT2D eigenvalue weighted by Crippen LogP contribution is 2.46. The maximum absolute atomic E-state index is 12.3. The molecule has 7 nitrogen and oxygen atoms in total. The summed E-state index contributed by atoms with van der Waals surface area (Å²) in [5, 5.41) is 21.2. The number of likely N-dealkylation sites (tertiary alicyclic amines) is 2. The third kappa shape index (κ3) is 3.67. The lowest BCUT2D eigenvalue weighted by molar-refractivity contribution is -0.169. The van der Waals surface area contributed by atoms with Gasteiger partial charge < -0.3 is 24.7 Å². The van der Waals surface area contributed by atoms with Crippen molar-refractivity contribution in [2.75, 3.05) is 33.2 Å². The zero-order valence-electron chi connectivity index (χ0n) is 15.2. The molecule has 0 aromatic rings. The number of carbonyl (C=O) groups excluding carboxylic acids is 1. The van der Waals surface area contributed by atoms with Crippen LogP contribution in [0.2, 0.25) is 0 Å². The predicted octanol–water partition coefficient (Wildman–Crippen LogP) is 1.54. The number of nitrogens with zero attached hydrogens (tertiary/aromatic N) is 2. The second-order valence-electron chi connectivity index (χ2n) is 8.23. The number of ether oxygens (including phenoxy) is 1. The summed E-state index contributed by atoms with van der Waals surface area (Å²) in [6, 6.07) is 0. The molecule has 24 heavy (non-hydrogen) atoms. The highest BCUT2D eigenvalue weighted by atomic mass is 16.6. The second kappa shape index (κ2) is 6.52. The zero-order valence-corrected chi connectivity index (χ0v) is 15.2. The highest BCUT2D eigenvalue weighted by Gasteiger charge is 2.60. The summed E-state index contributed by atoms with van der Waals surface area (Å²) in [6.07, 6.45) is 1.32. The zero-order chi connectivity index (χ0) is 18.2. The number of hydrogen-bond donors (Lipinski definition) is 2. The van der Waals surface area contributed by atoms with Crippen LogP contribution in [0, 0.1) is 5.41 Å². The molecule has 138 valence electrons. The molecule has 2 atom stereocenters. The van der Waals surface area contributed by atoms with Crippen molar-refractivity contribution < 1.29 is 24.5 Å². The molecule has 2 aliphatic rings. The van der Waals surface area contributed by atoms with E-state index in [-0.39, 0.29) is 13.0 Å². The number of carboxylic acid groups (broad SMARTS) is 1. The first-order valence-corrected chi connectivity index (χ1v) is 8.61. The van der Waals surface area contributed by atoms with Gasteiger partial charge in [-0.05, 0) is 60.0 Å². The van der Waals surface area contributed by atoms with E-state index < -0.39 is 28.7 Å². The molecular weight excluding hydrogens is 312 g/mol. The minimum atomic E-state index is -1.32. The highest BCUT2D eigenvalue weighted by molar-refractivity contribution is 5.79. The lowest BCUT2D eigenvalue weighted by Gasteiger charge is -2.41. The Labute approximate surface area is 143 Å². The van der Waals surface area contributed by atoms with E-state index >= 15 is 0 Å². The Morgan fingerprint density at radius 3 is 2.33 bits per heavy atom. The van der Waals surface area contributed by atoms with Gasteiger partial charge in [-0.3, -0.25) is 4.79 Å². The van der Waals surface area contributed by atoms with Gasteiger partial charge >= 0.3 is 12.1 Å². The monoisotopic (exact) mass is 342 g/mol.